The van der Waals surface area contributed by atoms with Crippen molar-refractivity contribution in [2.75, 3.05) is 13.2 Å². The van der Waals surface area contributed by atoms with Crippen LogP contribution < -0.4 is 0 Å². The van der Waals surface area contributed by atoms with E-state index in [9.17, 15) is 14.9 Å². The van der Waals surface area contributed by atoms with Crippen molar-refractivity contribution in [3.63, 3.8) is 0 Å². The molecule has 2 rings (SSSR count). The van der Waals surface area contributed by atoms with Crippen LogP contribution >= 0.6 is 0 Å². The summed E-state index contributed by atoms with van der Waals surface area (Å²) in [6.45, 7) is 12.4. The Balaban J connectivity index is 2.00. The molecule has 1 heterocycles. The summed E-state index contributed by atoms with van der Waals surface area (Å²) in [6.07, 6.45) is 0. The summed E-state index contributed by atoms with van der Waals surface area (Å²) in [5, 5.41) is 11.0. The maximum Gasteiger partial charge on any atom is 0.270 e. The topological polar surface area (TPSA) is 72.7 Å². The molecule has 0 atom stereocenters. The molecule has 0 N–H and O–H groups in total. The maximum absolute atomic E-state index is 12.4. The second kappa shape index (κ2) is 6.05. The van der Waals surface area contributed by atoms with Gasteiger partial charge in [-0.1, -0.05) is 20.8 Å². The Morgan fingerprint density at radius 3 is 2.57 bits per heavy atom. The van der Waals surface area contributed by atoms with E-state index in [0.717, 1.165) is 5.56 Å². The molecule has 1 amide bonds. The molecule has 1 aliphatic rings. The van der Waals surface area contributed by atoms with Crippen LogP contribution in [0.5, 0.6) is 0 Å². The third-order valence-corrected chi connectivity index (χ3v) is 9.35. The van der Waals surface area contributed by atoms with Gasteiger partial charge >= 0.3 is 0 Å². The molecule has 0 aromatic heterocycles. The fourth-order valence-electron chi connectivity index (χ4n) is 2.27. The van der Waals surface area contributed by atoms with Crippen molar-refractivity contribution in [2.45, 2.75) is 45.4 Å². The number of hydrogen-bond acceptors (Lipinski definition) is 4. The number of carbonyl (C=O) groups is 1. The standard InChI is InChI=1S/C16H24N2O4Si/c1-16(2,3)23(4,5)22-9-8-17-11-12-6-7-13(18(20)21)10-14(12)15(17)19/h6-7,10H,8-9,11H2,1-5H3. The quantitative estimate of drug-likeness (QED) is 0.468. The number of amides is 1. The van der Waals surface area contributed by atoms with Crippen molar-refractivity contribution in [3.05, 3.63) is 39.4 Å². The number of hydrogen-bond donors (Lipinski definition) is 0. The largest absolute Gasteiger partial charge is 0.415 e. The molecule has 1 aliphatic heterocycles. The minimum atomic E-state index is -1.83. The fourth-order valence-corrected chi connectivity index (χ4v) is 3.31. The van der Waals surface area contributed by atoms with Gasteiger partial charge in [0.15, 0.2) is 8.32 Å². The second-order valence-corrected chi connectivity index (χ2v) is 12.2. The van der Waals surface area contributed by atoms with Crippen LogP contribution in [0, 0.1) is 10.1 Å². The molecule has 0 unspecified atom stereocenters. The molecule has 0 bridgehead atoms. The van der Waals surface area contributed by atoms with Gasteiger partial charge in [0.05, 0.1) is 17.1 Å². The number of nitro benzene ring substituents is 1. The SMILES string of the molecule is CC(C)(C)[Si](C)(C)OCCN1Cc2ccc([N+](=O)[O-])cc2C1=O. The summed E-state index contributed by atoms with van der Waals surface area (Å²) < 4.78 is 6.10. The van der Waals surface area contributed by atoms with Gasteiger partial charge in [-0.15, -0.1) is 0 Å². The summed E-state index contributed by atoms with van der Waals surface area (Å²) in [5.74, 6) is -0.150. The van der Waals surface area contributed by atoms with Crippen LogP contribution in [-0.2, 0) is 11.0 Å². The maximum atomic E-state index is 12.4. The molecule has 23 heavy (non-hydrogen) atoms. The smallest absolute Gasteiger partial charge is 0.270 e. The molecule has 6 nitrogen and oxygen atoms in total. The highest BCUT2D eigenvalue weighted by Crippen LogP contribution is 2.36. The molecule has 0 radical (unpaired) electrons. The molecule has 0 spiro atoms. The van der Waals surface area contributed by atoms with Crippen LogP contribution in [-0.4, -0.2) is 37.2 Å². The number of benzene rings is 1. The van der Waals surface area contributed by atoms with Gasteiger partial charge in [0, 0.05) is 25.2 Å². The Kier molecular flexibility index (Phi) is 4.63. The van der Waals surface area contributed by atoms with Crippen molar-refractivity contribution < 1.29 is 14.1 Å². The number of rotatable bonds is 5. The number of carbonyl (C=O) groups excluding carboxylic acids is 1. The number of nitro groups is 1. The van der Waals surface area contributed by atoms with Gasteiger partial charge in [-0.3, -0.25) is 14.9 Å². The Morgan fingerprint density at radius 2 is 2.00 bits per heavy atom. The number of non-ortho nitro benzene ring substituents is 1. The molecule has 0 aliphatic carbocycles. The van der Waals surface area contributed by atoms with E-state index in [1.165, 1.54) is 12.1 Å². The minimum Gasteiger partial charge on any atom is -0.415 e. The van der Waals surface area contributed by atoms with Crippen molar-refractivity contribution >= 4 is 19.9 Å². The van der Waals surface area contributed by atoms with E-state index >= 15 is 0 Å². The van der Waals surface area contributed by atoms with Gasteiger partial charge < -0.3 is 9.33 Å². The van der Waals surface area contributed by atoms with E-state index in [4.69, 9.17) is 4.43 Å². The van der Waals surface area contributed by atoms with Crippen LogP contribution in [0.15, 0.2) is 18.2 Å². The van der Waals surface area contributed by atoms with E-state index < -0.39 is 13.2 Å². The van der Waals surface area contributed by atoms with E-state index in [-0.39, 0.29) is 16.6 Å². The summed E-state index contributed by atoms with van der Waals surface area (Å²) in [7, 11) is -1.83. The molecule has 0 saturated carbocycles. The third kappa shape index (κ3) is 3.61. The molecule has 0 saturated heterocycles. The zero-order valence-corrected chi connectivity index (χ0v) is 15.4. The average molecular weight is 336 g/mol. The summed E-state index contributed by atoms with van der Waals surface area (Å²) in [4.78, 5) is 24.4. The molecule has 7 heteroatoms. The molecular weight excluding hydrogens is 312 g/mol. The van der Waals surface area contributed by atoms with Gasteiger partial charge in [0.1, 0.15) is 0 Å². The number of fused-ring (bicyclic) bond motifs is 1. The lowest BCUT2D eigenvalue weighted by molar-refractivity contribution is -0.384. The molecular formula is C16H24N2O4Si. The lowest BCUT2D eigenvalue weighted by Gasteiger charge is -2.36. The normalized spacial score (nSPS) is 15.0. The van der Waals surface area contributed by atoms with Crippen molar-refractivity contribution in [3.8, 4) is 0 Å². The summed E-state index contributed by atoms with van der Waals surface area (Å²) in [5.41, 5.74) is 1.23. The van der Waals surface area contributed by atoms with Crippen LogP contribution in [0.1, 0.15) is 36.7 Å². The second-order valence-electron chi connectivity index (χ2n) is 7.43. The van der Waals surface area contributed by atoms with Gasteiger partial charge in [0.25, 0.3) is 11.6 Å². The van der Waals surface area contributed by atoms with Gasteiger partial charge in [-0.2, -0.15) is 0 Å². The average Bonchev–Trinajstić information content (AvgIpc) is 2.74. The molecule has 1 aromatic carbocycles. The van der Waals surface area contributed by atoms with E-state index in [2.05, 4.69) is 33.9 Å². The Bertz CT molecular complexity index is 637. The Morgan fingerprint density at radius 1 is 1.35 bits per heavy atom. The lowest BCUT2D eigenvalue weighted by atomic mass is 10.1. The van der Waals surface area contributed by atoms with E-state index in [0.29, 0.717) is 25.3 Å². The number of nitrogens with zero attached hydrogens (tertiary/aromatic N) is 2. The van der Waals surface area contributed by atoms with E-state index in [1.54, 1.807) is 11.0 Å². The lowest BCUT2D eigenvalue weighted by Crippen LogP contribution is -2.42. The van der Waals surface area contributed by atoms with Gasteiger partial charge in [0.2, 0.25) is 0 Å². The first kappa shape index (κ1) is 17.6. The molecule has 1 aromatic rings. The molecule has 0 fully saturated rings. The van der Waals surface area contributed by atoms with Crippen LogP contribution in [0.2, 0.25) is 18.1 Å². The van der Waals surface area contributed by atoms with Crippen LogP contribution in [0.25, 0.3) is 0 Å². The highest BCUT2D eigenvalue weighted by Gasteiger charge is 2.37. The first-order valence-corrected chi connectivity index (χ1v) is 10.6. The highest BCUT2D eigenvalue weighted by atomic mass is 28.4. The Labute approximate surface area is 137 Å². The van der Waals surface area contributed by atoms with Crippen molar-refractivity contribution in [2.24, 2.45) is 0 Å². The first-order chi connectivity index (χ1) is 10.5. The van der Waals surface area contributed by atoms with E-state index in [1.807, 2.05) is 0 Å². The van der Waals surface area contributed by atoms with Crippen molar-refractivity contribution in [1.29, 1.82) is 0 Å². The van der Waals surface area contributed by atoms with Crippen LogP contribution in [0.4, 0.5) is 5.69 Å². The zero-order valence-electron chi connectivity index (χ0n) is 14.4. The predicted octanol–water partition coefficient (Wildman–Crippen LogP) is 3.57. The predicted molar refractivity (Wildman–Crippen MR) is 91.0 cm³/mol. The Hall–Kier alpha value is -1.73. The summed E-state index contributed by atoms with van der Waals surface area (Å²) >= 11 is 0. The van der Waals surface area contributed by atoms with Gasteiger partial charge in [-0.05, 0) is 29.8 Å². The van der Waals surface area contributed by atoms with Gasteiger partial charge in [-0.25, -0.2) is 0 Å². The zero-order chi connectivity index (χ0) is 17.4. The fraction of sp³-hybridized carbons (Fsp3) is 0.562. The summed E-state index contributed by atoms with van der Waals surface area (Å²) in [6, 6.07) is 4.48. The molecule has 126 valence electrons. The monoisotopic (exact) mass is 336 g/mol. The third-order valence-electron chi connectivity index (χ3n) is 4.81. The van der Waals surface area contributed by atoms with Crippen LogP contribution in [0.3, 0.4) is 0 Å². The van der Waals surface area contributed by atoms with Crippen molar-refractivity contribution in [1.82, 2.24) is 4.90 Å². The highest BCUT2D eigenvalue weighted by molar-refractivity contribution is 6.74. The first-order valence-electron chi connectivity index (χ1n) is 7.73. The minimum absolute atomic E-state index is 0.0449.